The lowest BCUT2D eigenvalue weighted by molar-refractivity contribution is 0.0955. The smallest absolute Gasteiger partial charge is 0.272 e. The van der Waals surface area contributed by atoms with Crippen LogP contribution in [0.5, 0.6) is 5.75 Å². The molecule has 4 nitrogen and oxygen atoms in total. The lowest BCUT2D eigenvalue weighted by Crippen LogP contribution is -2.18. The Kier molecular flexibility index (Phi) is 5.21. The summed E-state index contributed by atoms with van der Waals surface area (Å²) in [5.41, 5.74) is 4.93. The molecular formula is C16H14BrClN2O2. The standard InChI is InChI=1S/C16H14BrClN2O2/c1-9-3-4-13(14(18)5-9)16(22)20-19-8-11-7-12(17)6-10(2)15(11)21/h3-8,21H,1-2H3,(H,20,22). The minimum absolute atomic E-state index is 0.120. The number of halogens is 2. The van der Waals surface area contributed by atoms with E-state index < -0.39 is 5.91 Å². The molecule has 22 heavy (non-hydrogen) atoms. The van der Waals surface area contributed by atoms with Gasteiger partial charge in [-0.1, -0.05) is 33.6 Å². The van der Waals surface area contributed by atoms with Crippen LogP contribution in [0.25, 0.3) is 0 Å². The van der Waals surface area contributed by atoms with Crippen LogP contribution in [-0.2, 0) is 0 Å². The van der Waals surface area contributed by atoms with Crippen LogP contribution in [0.2, 0.25) is 5.02 Å². The summed E-state index contributed by atoms with van der Waals surface area (Å²) < 4.78 is 0.817. The molecule has 1 amide bonds. The van der Waals surface area contributed by atoms with Crippen molar-refractivity contribution in [2.24, 2.45) is 5.10 Å². The summed E-state index contributed by atoms with van der Waals surface area (Å²) in [4.78, 5) is 12.0. The molecule has 0 aromatic heterocycles. The minimum Gasteiger partial charge on any atom is -0.507 e. The van der Waals surface area contributed by atoms with E-state index in [-0.39, 0.29) is 5.75 Å². The molecule has 0 bridgehead atoms. The molecule has 0 atom stereocenters. The quantitative estimate of drug-likeness (QED) is 0.618. The fourth-order valence-electron chi connectivity index (χ4n) is 1.88. The predicted octanol–water partition coefficient (Wildman–Crippen LogP) is 4.19. The second kappa shape index (κ2) is 6.94. The van der Waals surface area contributed by atoms with E-state index in [1.807, 2.05) is 6.92 Å². The molecule has 0 saturated carbocycles. The first kappa shape index (κ1) is 16.5. The Morgan fingerprint density at radius 3 is 2.73 bits per heavy atom. The summed E-state index contributed by atoms with van der Waals surface area (Å²) in [5, 5.41) is 14.2. The Hall–Kier alpha value is -1.85. The van der Waals surface area contributed by atoms with E-state index in [0.29, 0.717) is 21.7 Å². The Bertz CT molecular complexity index is 760. The normalized spacial score (nSPS) is 10.9. The van der Waals surface area contributed by atoms with E-state index in [0.717, 1.165) is 10.0 Å². The van der Waals surface area contributed by atoms with Crippen LogP contribution in [-0.4, -0.2) is 17.2 Å². The van der Waals surface area contributed by atoms with Gasteiger partial charge in [0, 0.05) is 10.0 Å². The molecule has 2 N–H and O–H groups in total. The summed E-state index contributed by atoms with van der Waals surface area (Å²) in [7, 11) is 0. The molecule has 0 saturated heterocycles. The van der Waals surface area contributed by atoms with Gasteiger partial charge in [-0.2, -0.15) is 5.10 Å². The van der Waals surface area contributed by atoms with Crippen molar-refractivity contribution in [3.8, 4) is 5.75 Å². The zero-order valence-corrected chi connectivity index (χ0v) is 14.4. The van der Waals surface area contributed by atoms with Gasteiger partial charge in [0.05, 0.1) is 16.8 Å². The predicted molar refractivity (Wildman–Crippen MR) is 91.8 cm³/mol. The van der Waals surface area contributed by atoms with Crippen LogP contribution >= 0.6 is 27.5 Å². The molecule has 0 spiro atoms. The van der Waals surface area contributed by atoms with Crippen LogP contribution < -0.4 is 5.43 Å². The number of rotatable bonds is 3. The zero-order valence-electron chi connectivity index (χ0n) is 12.0. The summed E-state index contributed by atoms with van der Waals surface area (Å²) in [5.74, 6) is -0.290. The maximum atomic E-state index is 12.0. The van der Waals surface area contributed by atoms with E-state index >= 15 is 0 Å². The number of aryl methyl sites for hydroxylation is 2. The molecule has 114 valence electrons. The van der Waals surface area contributed by atoms with Crippen LogP contribution in [0.1, 0.15) is 27.0 Å². The minimum atomic E-state index is -0.410. The number of nitrogens with one attached hydrogen (secondary N) is 1. The first-order valence-electron chi connectivity index (χ1n) is 6.47. The Morgan fingerprint density at radius 1 is 1.32 bits per heavy atom. The van der Waals surface area contributed by atoms with Crippen molar-refractivity contribution >= 4 is 39.7 Å². The summed E-state index contributed by atoms with van der Waals surface area (Å²) in [6.45, 7) is 3.67. The molecule has 2 aromatic rings. The highest BCUT2D eigenvalue weighted by Crippen LogP contribution is 2.25. The van der Waals surface area contributed by atoms with Crippen molar-refractivity contribution in [3.63, 3.8) is 0 Å². The van der Waals surface area contributed by atoms with Gasteiger partial charge in [0.1, 0.15) is 5.75 Å². The highest BCUT2D eigenvalue weighted by molar-refractivity contribution is 9.10. The molecule has 0 aliphatic heterocycles. The average Bonchev–Trinajstić information content (AvgIpc) is 2.43. The van der Waals surface area contributed by atoms with Crippen LogP contribution in [0, 0.1) is 13.8 Å². The van der Waals surface area contributed by atoms with E-state index in [4.69, 9.17) is 11.6 Å². The molecule has 6 heteroatoms. The Labute approximate surface area is 141 Å². The van der Waals surface area contributed by atoms with Gasteiger partial charge in [-0.25, -0.2) is 5.43 Å². The van der Waals surface area contributed by atoms with Crippen molar-refractivity contribution in [2.45, 2.75) is 13.8 Å². The van der Waals surface area contributed by atoms with Crippen molar-refractivity contribution in [1.82, 2.24) is 5.43 Å². The lowest BCUT2D eigenvalue weighted by Gasteiger charge is -2.05. The number of nitrogens with zero attached hydrogens (tertiary/aromatic N) is 1. The topological polar surface area (TPSA) is 61.7 Å². The largest absolute Gasteiger partial charge is 0.507 e. The van der Waals surface area contributed by atoms with Gasteiger partial charge in [-0.05, 0) is 49.2 Å². The molecule has 0 heterocycles. The molecule has 2 aromatic carbocycles. The number of hydrazone groups is 1. The second-order valence-corrected chi connectivity index (χ2v) is 6.17. The van der Waals surface area contributed by atoms with Gasteiger partial charge in [-0.15, -0.1) is 0 Å². The molecular weight excluding hydrogens is 368 g/mol. The number of carbonyl (C=O) groups excluding carboxylic acids is 1. The number of aromatic hydroxyl groups is 1. The van der Waals surface area contributed by atoms with E-state index in [1.54, 1.807) is 37.3 Å². The molecule has 0 unspecified atom stereocenters. The maximum Gasteiger partial charge on any atom is 0.272 e. The molecule has 0 radical (unpaired) electrons. The van der Waals surface area contributed by atoms with Gasteiger partial charge in [0.25, 0.3) is 5.91 Å². The average molecular weight is 382 g/mol. The number of amides is 1. The fourth-order valence-corrected chi connectivity index (χ4v) is 2.80. The number of hydrogen-bond donors (Lipinski definition) is 2. The van der Waals surface area contributed by atoms with Gasteiger partial charge in [-0.3, -0.25) is 4.79 Å². The zero-order chi connectivity index (χ0) is 16.3. The SMILES string of the molecule is Cc1ccc(C(=O)NN=Cc2cc(Br)cc(C)c2O)c(Cl)c1. The number of phenols is 1. The first-order chi connectivity index (χ1) is 10.4. The number of benzene rings is 2. The second-order valence-electron chi connectivity index (χ2n) is 4.84. The van der Waals surface area contributed by atoms with Gasteiger partial charge in [0.2, 0.25) is 0 Å². The number of hydrogen-bond acceptors (Lipinski definition) is 3. The van der Waals surface area contributed by atoms with Crippen molar-refractivity contribution in [1.29, 1.82) is 0 Å². The third kappa shape index (κ3) is 3.87. The van der Waals surface area contributed by atoms with E-state index in [9.17, 15) is 9.90 Å². The highest BCUT2D eigenvalue weighted by Gasteiger charge is 2.09. The summed E-state index contributed by atoms with van der Waals surface area (Å²) in [6, 6.07) is 8.65. The third-order valence-electron chi connectivity index (χ3n) is 3.03. The van der Waals surface area contributed by atoms with Gasteiger partial charge in [0.15, 0.2) is 0 Å². The van der Waals surface area contributed by atoms with Crippen LogP contribution in [0.4, 0.5) is 0 Å². The lowest BCUT2D eigenvalue weighted by atomic mass is 10.1. The monoisotopic (exact) mass is 380 g/mol. The van der Waals surface area contributed by atoms with Crippen molar-refractivity contribution in [3.05, 3.63) is 62.1 Å². The third-order valence-corrected chi connectivity index (χ3v) is 3.80. The number of carbonyl (C=O) groups is 1. The molecule has 2 rings (SSSR count). The molecule has 0 aliphatic rings. The van der Waals surface area contributed by atoms with Crippen molar-refractivity contribution < 1.29 is 9.90 Å². The van der Waals surface area contributed by atoms with Crippen molar-refractivity contribution in [2.75, 3.05) is 0 Å². The Balaban J connectivity index is 2.14. The van der Waals surface area contributed by atoms with E-state index in [2.05, 4.69) is 26.5 Å². The van der Waals surface area contributed by atoms with E-state index in [1.165, 1.54) is 6.21 Å². The molecule has 0 aliphatic carbocycles. The van der Waals surface area contributed by atoms with Crippen LogP contribution in [0.15, 0.2) is 39.9 Å². The first-order valence-corrected chi connectivity index (χ1v) is 7.64. The summed E-state index contributed by atoms with van der Waals surface area (Å²) >= 11 is 9.37. The van der Waals surface area contributed by atoms with Gasteiger partial charge < -0.3 is 5.11 Å². The fraction of sp³-hybridized carbons (Fsp3) is 0.125. The maximum absolute atomic E-state index is 12.0. The van der Waals surface area contributed by atoms with Gasteiger partial charge >= 0.3 is 0 Å². The Morgan fingerprint density at radius 2 is 2.05 bits per heavy atom. The van der Waals surface area contributed by atoms with Crippen LogP contribution in [0.3, 0.4) is 0 Å². The molecule has 0 fully saturated rings. The summed E-state index contributed by atoms with van der Waals surface area (Å²) in [6.07, 6.45) is 1.38. The number of phenolic OH excluding ortho intramolecular Hbond substituents is 1. The highest BCUT2D eigenvalue weighted by atomic mass is 79.9.